The smallest absolute Gasteiger partial charge is 0.167 e. The number of fused-ring (bicyclic) bond motifs is 7. The van der Waals surface area contributed by atoms with Gasteiger partial charge in [0, 0.05) is 44.3 Å². The fourth-order valence-corrected chi connectivity index (χ4v) is 6.69. The molecule has 0 N–H and O–H groups in total. The van der Waals surface area contributed by atoms with Crippen LogP contribution in [0, 0.1) is 0 Å². The third kappa shape index (κ3) is 4.20. The molecule has 6 aromatic carbocycles. The van der Waals surface area contributed by atoms with Crippen molar-refractivity contribution in [3.63, 3.8) is 0 Å². The van der Waals surface area contributed by atoms with Gasteiger partial charge in [-0.3, -0.25) is 4.98 Å². The van der Waals surface area contributed by atoms with E-state index in [1.54, 1.807) is 0 Å². The first-order valence-corrected chi connectivity index (χ1v) is 15.8. The van der Waals surface area contributed by atoms with Crippen molar-refractivity contribution in [2.24, 2.45) is 0 Å². The summed E-state index contributed by atoms with van der Waals surface area (Å²) in [5.74, 6) is 1.69. The molecular weight excluding hydrogens is 592 g/mol. The summed E-state index contributed by atoms with van der Waals surface area (Å²) in [5, 5.41) is 5.13. The Balaban J connectivity index is 1.18. The number of furan rings is 2. The second-order valence-corrected chi connectivity index (χ2v) is 11.9. The average molecular weight is 617 g/mol. The molecule has 0 radical (unpaired) electrons. The van der Waals surface area contributed by atoms with Gasteiger partial charge in [-0.05, 0) is 53.6 Å². The summed E-state index contributed by atoms with van der Waals surface area (Å²) in [4.78, 5) is 19.7. The highest BCUT2D eigenvalue weighted by Gasteiger charge is 2.20. The van der Waals surface area contributed by atoms with Crippen molar-refractivity contribution in [1.82, 2.24) is 19.9 Å². The van der Waals surface area contributed by atoms with Crippen molar-refractivity contribution < 1.29 is 8.83 Å². The Bertz CT molecular complexity index is 2850. The molecule has 0 saturated heterocycles. The molecular formula is C42H24N4O2. The fraction of sp³-hybridized carbons (Fsp3) is 0. The molecule has 0 unspecified atom stereocenters. The first-order chi connectivity index (χ1) is 23.8. The number of hydrogen-bond acceptors (Lipinski definition) is 6. The van der Waals surface area contributed by atoms with E-state index in [-0.39, 0.29) is 0 Å². The summed E-state index contributed by atoms with van der Waals surface area (Å²) in [7, 11) is 0. The SMILES string of the molecule is c1ccc(-c2nc(-c3cccc4c3oc3ccccc34)nc(-c3cccc4oc5cc(-c6ccc7cccnc7c6)ccc5c34)n2)cc1. The van der Waals surface area contributed by atoms with Crippen LogP contribution in [0.25, 0.3) is 100 Å². The minimum absolute atomic E-state index is 0.542. The molecule has 4 heterocycles. The molecule has 0 spiro atoms. The summed E-state index contributed by atoms with van der Waals surface area (Å²) in [6, 6.07) is 46.9. The Hall–Kier alpha value is -6.66. The minimum Gasteiger partial charge on any atom is -0.456 e. The van der Waals surface area contributed by atoms with E-state index < -0.39 is 0 Å². The highest BCUT2D eigenvalue weighted by molar-refractivity contribution is 6.13. The predicted octanol–water partition coefficient (Wildman–Crippen LogP) is 10.9. The number of benzene rings is 6. The fourth-order valence-electron chi connectivity index (χ4n) is 6.69. The monoisotopic (exact) mass is 616 g/mol. The molecule has 10 rings (SSSR count). The molecule has 0 saturated carbocycles. The highest BCUT2D eigenvalue weighted by Crippen LogP contribution is 2.40. The van der Waals surface area contributed by atoms with Gasteiger partial charge < -0.3 is 8.83 Å². The summed E-state index contributed by atoms with van der Waals surface area (Å²) in [6.07, 6.45) is 1.82. The molecule has 0 fully saturated rings. The molecule has 0 aliphatic rings. The molecule has 0 bridgehead atoms. The zero-order chi connectivity index (χ0) is 31.6. The molecule has 4 aromatic heterocycles. The van der Waals surface area contributed by atoms with Crippen LogP contribution >= 0.6 is 0 Å². The third-order valence-corrected chi connectivity index (χ3v) is 8.99. The lowest BCUT2D eigenvalue weighted by molar-refractivity contribution is 0.668. The lowest BCUT2D eigenvalue weighted by atomic mass is 10.0. The molecule has 0 atom stereocenters. The molecule has 10 aromatic rings. The number of nitrogens with zero attached hydrogens (tertiary/aromatic N) is 4. The molecule has 6 heteroatoms. The van der Waals surface area contributed by atoms with Gasteiger partial charge in [-0.2, -0.15) is 0 Å². The maximum atomic E-state index is 6.48. The van der Waals surface area contributed by atoms with Gasteiger partial charge in [-0.25, -0.2) is 15.0 Å². The van der Waals surface area contributed by atoms with Crippen molar-refractivity contribution in [3.8, 4) is 45.3 Å². The van der Waals surface area contributed by atoms with Gasteiger partial charge in [0.15, 0.2) is 17.5 Å². The van der Waals surface area contributed by atoms with E-state index in [4.69, 9.17) is 23.8 Å². The van der Waals surface area contributed by atoms with E-state index in [1.807, 2.05) is 85.1 Å². The maximum Gasteiger partial charge on any atom is 0.167 e. The van der Waals surface area contributed by atoms with Crippen molar-refractivity contribution in [2.45, 2.75) is 0 Å². The largest absolute Gasteiger partial charge is 0.456 e. The Kier molecular flexibility index (Phi) is 5.77. The van der Waals surface area contributed by atoms with Gasteiger partial charge in [0.2, 0.25) is 0 Å². The van der Waals surface area contributed by atoms with Gasteiger partial charge >= 0.3 is 0 Å². The molecule has 224 valence electrons. The summed E-state index contributed by atoms with van der Waals surface area (Å²) in [5.41, 5.74) is 8.81. The van der Waals surface area contributed by atoms with Crippen LogP contribution in [0.4, 0.5) is 0 Å². The maximum absolute atomic E-state index is 6.48. The average Bonchev–Trinajstić information content (AvgIpc) is 3.73. The van der Waals surface area contributed by atoms with Crippen molar-refractivity contribution in [2.75, 3.05) is 0 Å². The first-order valence-electron chi connectivity index (χ1n) is 15.8. The molecule has 6 nitrogen and oxygen atoms in total. The van der Waals surface area contributed by atoms with Crippen LogP contribution in [0.5, 0.6) is 0 Å². The van der Waals surface area contributed by atoms with Crippen molar-refractivity contribution in [1.29, 1.82) is 0 Å². The van der Waals surface area contributed by atoms with Crippen LogP contribution < -0.4 is 0 Å². The molecule has 0 aliphatic heterocycles. The van der Waals surface area contributed by atoms with Gasteiger partial charge in [0.25, 0.3) is 0 Å². The predicted molar refractivity (Wildman–Crippen MR) is 191 cm³/mol. The molecule has 48 heavy (non-hydrogen) atoms. The summed E-state index contributed by atoms with van der Waals surface area (Å²) < 4.78 is 12.9. The Morgan fingerprint density at radius 1 is 0.417 bits per heavy atom. The van der Waals surface area contributed by atoms with E-state index >= 15 is 0 Å². The molecule has 0 amide bonds. The normalized spacial score (nSPS) is 11.8. The van der Waals surface area contributed by atoms with Crippen LogP contribution in [0.1, 0.15) is 0 Å². The lowest BCUT2D eigenvalue weighted by Gasteiger charge is -2.09. The number of para-hydroxylation sites is 2. The van der Waals surface area contributed by atoms with Crippen LogP contribution in [0.3, 0.4) is 0 Å². The zero-order valence-electron chi connectivity index (χ0n) is 25.5. The standard InChI is InChI=1S/C42H24N4O2/c1-2-9-26(10-3-1)40-44-41(46-42(45-40)33-15-6-13-30-29-12-4-5-16-35(29)48-39(30)33)32-14-7-17-36-38(32)31-21-20-28(24-37(31)47-36)27-19-18-25-11-8-22-43-34(25)23-27/h1-24H. The van der Waals surface area contributed by atoms with Crippen LogP contribution in [-0.2, 0) is 0 Å². The summed E-state index contributed by atoms with van der Waals surface area (Å²) in [6.45, 7) is 0. The van der Waals surface area contributed by atoms with Crippen molar-refractivity contribution in [3.05, 3.63) is 146 Å². The van der Waals surface area contributed by atoms with Crippen LogP contribution in [0.2, 0.25) is 0 Å². The van der Waals surface area contributed by atoms with Gasteiger partial charge in [-0.1, -0.05) is 97.1 Å². The van der Waals surface area contributed by atoms with E-state index in [0.717, 1.165) is 82.6 Å². The van der Waals surface area contributed by atoms with E-state index in [1.165, 1.54) is 0 Å². The Morgan fingerprint density at radius 2 is 1.15 bits per heavy atom. The number of pyridine rings is 1. The number of rotatable bonds is 4. The topological polar surface area (TPSA) is 77.8 Å². The second kappa shape index (κ2) is 10.4. The summed E-state index contributed by atoms with van der Waals surface area (Å²) >= 11 is 0. The quantitative estimate of drug-likeness (QED) is 0.196. The van der Waals surface area contributed by atoms with Crippen molar-refractivity contribution >= 4 is 54.8 Å². The number of aromatic nitrogens is 4. The van der Waals surface area contributed by atoms with Crippen LogP contribution in [0.15, 0.2) is 155 Å². The Labute approximate surface area is 274 Å². The van der Waals surface area contributed by atoms with Crippen LogP contribution in [-0.4, -0.2) is 19.9 Å². The Morgan fingerprint density at radius 3 is 2.08 bits per heavy atom. The first kappa shape index (κ1) is 26.5. The molecule has 0 aliphatic carbocycles. The highest BCUT2D eigenvalue weighted by atomic mass is 16.3. The lowest BCUT2D eigenvalue weighted by Crippen LogP contribution is -2.00. The van der Waals surface area contributed by atoms with Gasteiger partial charge in [-0.15, -0.1) is 0 Å². The van der Waals surface area contributed by atoms with E-state index in [0.29, 0.717) is 17.5 Å². The van der Waals surface area contributed by atoms with Gasteiger partial charge in [0.1, 0.15) is 22.3 Å². The third-order valence-electron chi connectivity index (χ3n) is 8.99. The van der Waals surface area contributed by atoms with Gasteiger partial charge in [0.05, 0.1) is 11.1 Å². The van der Waals surface area contributed by atoms with E-state index in [2.05, 4.69) is 65.6 Å². The minimum atomic E-state index is 0.542. The number of hydrogen-bond donors (Lipinski definition) is 0. The zero-order valence-corrected chi connectivity index (χ0v) is 25.5. The second-order valence-electron chi connectivity index (χ2n) is 11.9. The van der Waals surface area contributed by atoms with E-state index in [9.17, 15) is 0 Å².